The zero-order valence-electron chi connectivity index (χ0n) is 10.3. The first kappa shape index (κ1) is 16.8. The fourth-order valence-electron chi connectivity index (χ4n) is 1.01. The molecular weight excluding hydrogens is 188 g/mol. The highest BCUT2D eigenvalue weighted by Gasteiger charge is 2.21. The molecule has 0 rings (SSSR count). The molecule has 0 radical (unpaired) electrons. The predicted molar refractivity (Wildman–Crippen MR) is 67.0 cm³/mol. The van der Waals surface area contributed by atoms with Gasteiger partial charge >= 0.3 is 0 Å². The van der Waals surface area contributed by atoms with Gasteiger partial charge in [0.1, 0.15) is 0 Å². The predicted octanol–water partition coefficient (Wildman–Crippen LogP) is 2.27. The lowest BCUT2D eigenvalue weighted by Crippen LogP contribution is -2.43. The molecule has 0 bridgehead atoms. The summed E-state index contributed by atoms with van der Waals surface area (Å²) in [5.41, 5.74) is -0.0745. The van der Waals surface area contributed by atoms with Gasteiger partial charge in [0.25, 0.3) is 0 Å². The van der Waals surface area contributed by atoms with E-state index in [4.69, 9.17) is 0 Å². The van der Waals surface area contributed by atoms with E-state index in [1.165, 1.54) is 0 Å². The first-order chi connectivity index (χ1) is 6.25. The van der Waals surface area contributed by atoms with Gasteiger partial charge in [0.15, 0.2) is 0 Å². The van der Waals surface area contributed by atoms with E-state index in [9.17, 15) is 4.79 Å². The summed E-state index contributed by atoms with van der Waals surface area (Å²) in [4.78, 5) is 13.5. The largest absolute Gasteiger partial charge is 0.341 e. The summed E-state index contributed by atoms with van der Waals surface area (Å²) in [6.07, 6.45) is 0.575. The van der Waals surface area contributed by atoms with Crippen LogP contribution in [-0.4, -0.2) is 36.0 Å². The Hall–Kier alpha value is -0.570. The number of carbonyl (C=O) groups excluding carboxylic acids is 1. The molecule has 0 saturated heterocycles. The minimum atomic E-state index is -0.0745. The highest BCUT2D eigenvalue weighted by molar-refractivity contribution is 5.76. The van der Waals surface area contributed by atoms with Crippen molar-refractivity contribution in [2.24, 2.45) is 0 Å². The zero-order valence-corrected chi connectivity index (χ0v) is 10.3. The number of hydrogen-bond donors (Lipinski definition) is 1. The van der Waals surface area contributed by atoms with Crippen LogP contribution in [0.3, 0.4) is 0 Å². The summed E-state index contributed by atoms with van der Waals surface area (Å²) in [6.45, 7) is 11.1. The Morgan fingerprint density at radius 1 is 1.33 bits per heavy atom. The molecule has 92 valence electrons. The average Bonchev–Trinajstić information content (AvgIpc) is 2.00. The van der Waals surface area contributed by atoms with Crippen LogP contribution < -0.4 is 5.32 Å². The van der Waals surface area contributed by atoms with Crippen LogP contribution in [-0.2, 0) is 4.79 Å². The molecule has 0 saturated carbocycles. The monoisotopic (exact) mass is 216 g/mol. The molecule has 1 N–H and O–H groups in total. The van der Waals surface area contributed by atoms with Crippen molar-refractivity contribution in [2.75, 3.05) is 13.6 Å². The standard InChI is InChI=1S/C11H24N2O.CH4/c1-9(2)12-8-7-10(14)13(6)11(3,4)5;/h9,12H,7-8H2,1-6H3;1H4. The van der Waals surface area contributed by atoms with E-state index in [1.54, 1.807) is 4.90 Å². The Kier molecular flexibility index (Phi) is 7.67. The van der Waals surface area contributed by atoms with Crippen molar-refractivity contribution in [1.29, 1.82) is 0 Å². The van der Waals surface area contributed by atoms with Crippen LogP contribution in [0.4, 0.5) is 0 Å². The second-order valence-electron chi connectivity index (χ2n) is 4.98. The molecule has 0 fully saturated rings. The second kappa shape index (κ2) is 6.83. The van der Waals surface area contributed by atoms with Gasteiger partial charge < -0.3 is 10.2 Å². The normalized spacial score (nSPS) is 11.1. The van der Waals surface area contributed by atoms with Crippen molar-refractivity contribution in [3.8, 4) is 0 Å². The van der Waals surface area contributed by atoms with E-state index in [2.05, 4.69) is 19.2 Å². The Balaban J connectivity index is 0. The van der Waals surface area contributed by atoms with Crippen LogP contribution in [0.1, 0.15) is 48.5 Å². The van der Waals surface area contributed by atoms with Crippen LogP contribution in [0.25, 0.3) is 0 Å². The van der Waals surface area contributed by atoms with Crippen LogP contribution in [0.15, 0.2) is 0 Å². The lowest BCUT2D eigenvalue weighted by Gasteiger charge is -2.32. The summed E-state index contributed by atoms with van der Waals surface area (Å²) in [5, 5.41) is 3.24. The van der Waals surface area contributed by atoms with Crippen molar-refractivity contribution < 1.29 is 4.79 Å². The molecule has 0 aliphatic carbocycles. The SMILES string of the molecule is C.CC(C)NCCC(=O)N(C)C(C)(C)C. The van der Waals surface area contributed by atoms with E-state index in [-0.39, 0.29) is 18.9 Å². The zero-order chi connectivity index (χ0) is 11.4. The molecule has 0 aliphatic heterocycles. The van der Waals surface area contributed by atoms with Gasteiger partial charge in [-0.3, -0.25) is 4.79 Å². The molecule has 0 aromatic carbocycles. The number of hydrogen-bond acceptors (Lipinski definition) is 2. The fourth-order valence-corrected chi connectivity index (χ4v) is 1.01. The van der Waals surface area contributed by atoms with Gasteiger partial charge in [-0.15, -0.1) is 0 Å². The summed E-state index contributed by atoms with van der Waals surface area (Å²) in [6, 6.07) is 0.447. The second-order valence-corrected chi connectivity index (χ2v) is 4.98. The highest BCUT2D eigenvalue weighted by Crippen LogP contribution is 2.11. The fraction of sp³-hybridized carbons (Fsp3) is 0.917. The van der Waals surface area contributed by atoms with Crippen molar-refractivity contribution in [3.05, 3.63) is 0 Å². The molecule has 1 amide bonds. The summed E-state index contributed by atoms with van der Waals surface area (Å²) in [5.74, 6) is 0.200. The molecule has 3 heteroatoms. The van der Waals surface area contributed by atoms with Crippen molar-refractivity contribution >= 4 is 5.91 Å². The maximum atomic E-state index is 11.7. The quantitative estimate of drug-likeness (QED) is 0.782. The maximum Gasteiger partial charge on any atom is 0.224 e. The molecule has 0 heterocycles. The third-order valence-corrected chi connectivity index (χ3v) is 2.27. The lowest BCUT2D eigenvalue weighted by molar-refractivity contribution is -0.133. The molecule has 15 heavy (non-hydrogen) atoms. The lowest BCUT2D eigenvalue weighted by atomic mass is 10.1. The molecule has 0 unspecified atom stereocenters. The maximum absolute atomic E-state index is 11.7. The number of carbonyl (C=O) groups is 1. The van der Waals surface area contributed by atoms with Crippen molar-refractivity contribution in [3.63, 3.8) is 0 Å². The minimum absolute atomic E-state index is 0. The van der Waals surface area contributed by atoms with Gasteiger partial charge in [0.05, 0.1) is 0 Å². The smallest absolute Gasteiger partial charge is 0.224 e. The molecule has 0 spiro atoms. The van der Waals surface area contributed by atoms with E-state index < -0.39 is 0 Å². The van der Waals surface area contributed by atoms with Gasteiger partial charge in [-0.25, -0.2) is 0 Å². The van der Waals surface area contributed by atoms with E-state index >= 15 is 0 Å². The first-order valence-corrected chi connectivity index (χ1v) is 5.25. The van der Waals surface area contributed by atoms with Gasteiger partial charge in [0.2, 0.25) is 5.91 Å². The third-order valence-electron chi connectivity index (χ3n) is 2.27. The topological polar surface area (TPSA) is 32.3 Å². The summed E-state index contributed by atoms with van der Waals surface area (Å²) < 4.78 is 0. The third kappa shape index (κ3) is 7.37. The van der Waals surface area contributed by atoms with Gasteiger partial charge in [-0.1, -0.05) is 21.3 Å². The Morgan fingerprint density at radius 2 is 1.80 bits per heavy atom. The van der Waals surface area contributed by atoms with Crippen molar-refractivity contribution in [2.45, 2.75) is 60.0 Å². The molecular formula is C12H28N2O. The van der Waals surface area contributed by atoms with Crippen LogP contribution >= 0.6 is 0 Å². The molecule has 0 atom stereocenters. The first-order valence-electron chi connectivity index (χ1n) is 5.25. The number of nitrogens with zero attached hydrogens (tertiary/aromatic N) is 1. The van der Waals surface area contributed by atoms with Crippen LogP contribution in [0.5, 0.6) is 0 Å². The Bertz CT molecular complexity index is 183. The average molecular weight is 216 g/mol. The summed E-state index contributed by atoms with van der Waals surface area (Å²) in [7, 11) is 1.86. The summed E-state index contributed by atoms with van der Waals surface area (Å²) >= 11 is 0. The van der Waals surface area contributed by atoms with Crippen LogP contribution in [0.2, 0.25) is 0 Å². The van der Waals surface area contributed by atoms with Gasteiger partial charge in [-0.2, -0.15) is 0 Å². The van der Waals surface area contributed by atoms with Crippen molar-refractivity contribution in [1.82, 2.24) is 10.2 Å². The van der Waals surface area contributed by atoms with Crippen LogP contribution in [0, 0.1) is 0 Å². The number of nitrogens with one attached hydrogen (secondary N) is 1. The molecule has 0 aromatic heterocycles. The van der Waals surface area contributed by atoms with E-state index in [0.29, 0.717) is 12.5 Å². The molecule has 0 aromatic rings. The molecule has 3 nitrogen and oxygen atoms in total. The minimum Gasteiger partial charge on any atom is -0.341 e. The molecule has 0 aliphatic rings. The Morgan fingerprint density at radius 3 is 2.13 bits per heavy atom. The Labute approximate surface area is 95.2 Å². The van der Waals surface area contributed by atoms with E-state index in [0.717, 1.165) is 6.54 Å². The number of rotatable bonds is 4. The van der Waals surface area contributed by atoms with Gasteiger partial charge in [0, 0.05) is 31.6 Å². The number of amides is 1. The van der Waals surface area contributed by atoms with Gasteiger partial charge in [-0.05, 0) is 20.8 Å². The highest BCUT2D eigenvalue weighted by atomic mass is 16.2. The van der Waals surface area contributed by atoms with E-state index in [1.807, 2.05) is 27.8 Å².